The van der Waals surface area contributed by atoms with Crippen molar-refractivity contribution in [2.45, 2.75) is 11.8 Å². The molecule has 0 bridgehead atoms. The molecule has 53 heavy (non-hydrogen) atoms. The standard InChI is InChI=1S/C17H17ClN4O5S.C16H12N4O3.Co.Na/c1-10(23)16(17(25)20-13-6-4-3-5-12(13)18)22-21-14-9-11(7-8-15(14)24)28(26,27)19-2;17-13-7-5-10-3-1-2-4-12(10)16(13)19-18-14-8-6-11(20(22)23)9-15(14)21;;/h3-9,19,23-24H,1-2H3,(H,20,25);1-9,21H,17H2;;/q;;+3;+1/p-4/b16-10-,22-21?;;;. The first-order valence-corrected chi connectivity index (χ1v) is 16.3. The second kappa shape index (κ2) is 19.8. The number of azo groups is 2. The average Bonchev–Trinajstić information content (AvgIpc) is 3.10. The van der Waals surface area contributed by atoms with Gasteiger partial charge in [-0.1, -0.05) is 78.6 Å². The van der Waals surface area contributed by atoms with Crippen LogP contribution < -0.4 is 60.4 Å². The molecule has 268 valence electrons. The Morgan fingerprint density at radius 1 is 0.830 bits per heavy atom. The van der Waals surface area contributed by atoms with Crippen LogP contribution in [-0.2, 0) is 26.8 Å². The Kier molecular flexibility index (Phi) is 16.5. The second-order valence-corrected chi connectivity index (χ2v) is 12.4. The van der Waals surface area contributed by atoms with Crippen LogP contribution in [0.5, 0.6) is 11.5 Å². The van der Waals surface area contributed by atoms with Crippen LogP contribution >= 0.6 is 11.6 Å². The van der Waals surface area contributed by atoms with Crippen LogP contribution in [0.15, 0.2) is 139 Å². The first-order chi connectivity index (χ1) is 24.2. The Hall–Kier alpha value is -4.92. The van der Waals surface area contributed by atoms with Crippen molar-refractivity contribution in [1.29, 1.82) is 0 Å². The number of nitrogen functional groups attached to an aromatic ring is 1. The minimum atomic E-state index is -3.82. The molecule has 0 aliphatic rings. The van der Waals surface area contributed by atoms with Crippen molar-refractivity contribution in [2.24, 2.45) is 25.4 Å². The van der Waals surface area contributed by atoms with Crippen molar-refractivity contribution in [2.75, 3.05) is 12.8 Å². The van der Waals surface area contributed by atoms with Gasteiger partial charge in [-0.25, -0.2) is 13.1 Å². The zero-order valence-electron chi connectivity index (χ0n) is 27.9. The number of hydrogen-bond donors (Lipinski definition) is 2. The average molecular weight is 811 g/mol. The van der Waals surface area contributed by atoms with Crippen molar-refractivity contribution in [3.63, 3.8) is 0 Å². The van der Waals surface area contributed by atoms with Gasteiger partial charge < -0.3 is 26.2 Å². The molecule has 0 aromatic heterocycles. The molecule has 5 aromatic carbocycles. The topological polar surface area (TPSA) is 269 Å². The molecule has 3 N–H and O–H groups in total. The molecule has 0 fully saturated rings. The van der Waals surface area contributed by atoms with Crippen molar-refractivity contribution in [3.8, 4) is 11.5 Å². The van der Waals surface area contributed by atoms with Gasteiger partial charge in [-0.05, 0) is 48.8 Å². The number of rotatable bonds is 9. The molecule has 0 spiro atoms. The maximum atomic E-state index is 12.3. The molecule has 5 aromatic rings. The Morgan fingerprint density at radius 2 is 1.51 bits per heavy atom. The van der Waals surface area contributed by atoms with E-state index in [1.165, 1.54) is 31.3 Å². The van der Waals surface area contributed by atoms with E-state index in [0.29, 0.717) is 11.4 Å². The second-order valence-electron chi connectivity index (χ2n) is 10.1. The number of fused-ring (bicyclic) bond motifs is 1. The summed E-state index contributed by atoms with van der Waals surface area (Å²) in [4.78, 5) is 13.5. The van der Waals surface area contributed by atoms with Gasteiger partial charge in [0.1, 0.15) is 5.69 Å². The third kappa shape index (κ3) is 11.5. The predicted molar refractivity (Wildman–Crippen MR) is 183 cm³/mol. The molecule has 0 unspecified atom stereocenters. The van der Waals surface area contributed by atoms with Crippen LogP contribution in [0.4, 0.5) is 34.1 Å². The van der Waals surface area contributed by atoms with Crippen LogP contribution in [-0.4, -0.2) is 26.3 Å². The number of para-hydroxylation sites is 1. The Labute approximate surface area is 340 Å². The Balaban J connectivity index is 0.000000359. The number of halogens is 1. The van der Waals surface area contributed by atoms with Gasteiger partial charge in [0, 0.05) is 23.4 Å². The molecule has 20 heteroatoms. The summed E-state index contributed by atoms with van der Waals surface area (Å²) in [5.41, 5.74) is 5.70. The minimum Gasteiger partial charge on any atom is -0.874 e. The number of nitro benzene ring substituents is 1. The van der Waals surface area contributed by atoms with E-state index in [-0.39, 0.29) is 79.0 Å². The van der Waals surface area contributed by atoms with Crippen LogP contribution in [0.25, 0.3) is 10.8 Å². The van der Waals surface area contributed by atoms with Gasteiger partial charge >= 0.3 is 46.3 Å². The van der Waals surface area contributed by atoms with Crippen molar-refractivity contribution < 1.29 is 80.1 Å². The summed E-state index contributed by atoms with van der Waals surface area (Å²) in [6.07, 6.45) is 0. The molecule has 0 aliphatic carbocycles. The molecule has 0 saturated carbocycles. The number of sulfonamides is 1. The van der Waals surface area contributed by atoms with E-state index in [1.807, 2.05) is 30.3 Å². The van der Waals surface area contributed by atoms with Gasteiger partial charge in [0.25, 0.3) is 5.69 Å². The predicted octanol–water partition coefficient (Wildman–Crippen LogP) is 1.91. The minimum absolute atomic E-state index is 0. The van der Waals surface area contributed by atoms with Gasteiger partial charge in [-0.15, -0.1) is 10.9 Å². The van der Waals surface area contributed by atoms with E-state index in [2.05, 4.69) is 30.2 Å². The van der Waals surface area contributed by atoms with Gasteiger partial charge in [0.05, 0.1) is 43.3 Å². The van der Waals surface area contributed by atoms with Crippen molar-refractivity contribution >= 4 is 72.4 Å². The molecule has 16 nitrogen and oxygen atoms in total. The third-order valence-corrected chi connectivity index (χ3v) is 8.45. The van der Waals surface area contributed by atoms with E-state index in [4.69, 9.17) is 17.3 Å². The monoisotopic (exact) mass is 810 g/mol. The molecular formula is C33H25ClCoN8NaO8S. The number of nitrogens with one attached hydrogen (secondary N) is 1. The van der Waals surface area contributed by atoms with Crippen LogP contribution in [0.3, 0.4) is 0 Å². The van der Waals surface area contributed by atoms with Gasteiger partial charge in [0.2, 0.25) is 10.0 Å². The summed E-state index contributed by atoms with van der Waals surface area (Å²) >= 11 is 5.92. The number of aliphatic imine (C=N–C) groups is 1. The fourth-order valence-electron chi connectivity index (χ4n) is 4.12. The normalized spacial score (nSPS) is 12.0. The number of nitrogens with zero attached hydrogens (tertiary/aromatic N) is 6. The molecule has 0 aliphatic heterocycles. The fourth-order valence-corrected chi connectivity index (χ4v) is 5.05. The number of hydrogen-bond acceptors (Lipinski definition) is 14. The third-order valence-electron chi connectivity index (χ3n) is 6.72. The quantitative estimate of drug-likeness (QED) is 0.0321. The molecule has 0 atom stereocenters. The molecule has 0 radical (unpaired) electrons. The Bertz CT molecular complexity index is 2360. The molecular weight excluding hydrogens is 786 g/mol. The zero-order valence-corrected chi connectivity index (χ0v) is 32.5. The summed E-state index contributed by atoms with van der Waals surface area (Å²) in [7, 11) is -2.61. The zero-order chi connectivity index (χ0) is 37.3. The summed E-state index contributed by atoms with van der Waals surface area (Å²) < 4.78 is 25.8. The van der Waals surface area contributed by atoms with Crippen LogP contribution in [0.2, 0.25) is 5.02 Å². The van der Waals surface area contributed by atoms with Gasteiger partial charge in [0.15, 0.2) is 0 Å². The fraction of sp³-hybridized carbons (Fsp3) is 0.0606. The maximum Gasteiger partial charge on any atom is 3.00 e. The number of anilines is 1. The van der Waals surface area contributed by atoms with E-state index in [1.54, 1.807) is 18.2 Å². The van der Waals surface area contributed by atoms with E-state index in [0.717, 1.165) is 42.0 Å². The maximum absolute atomic E-state index is 12.3. The molecule has 0 heterocycles. The number of allylic oxidation sites excluding steroid dienone is 1. The van der Waals surface area contributed by atoms with Crippen LogP contribution in [0, 0.1) is 10.1 Å². The first kappa shape index (κ1) is 44.2. The van der Waals surface area contributed by atoms with Crippen molar-refractivity contribution in [1.82, 2.24) is 4.72 Å². The molecule has 0 amide bonds. The SMILES string of the molecule is CNS(=O)(=O)c1ccc([O-])c(N=N/C(C([O-])=Nc2ccccc2Cl)=C(/C)[O-])c1.Nc1ccc2ccccc2c1N=Nc1ccc([N+](=O)[O-])cc1[O-].[Co+3].[Na+]. The number of nitro groups is 1. The molecule has 5 rings (SSSR count). The summed E-state index contributed by atoms with van der Waals surface area (Å²) in [5, 5.41) is 75.4. The van der Waals surface area contributed by atoms with E-state index in [9.17, 15) is 39.0 Å². The first-order valence-electron chi connectivity index (χ1n) is 14.4. The van der Waals surface area contributed by atoms with E-state index < -0.39 is 43.8 Å². The summed E-state index contributed by atoms with van der Waals surface area (Å²) in [6, 6.07) is 23.8. The summed E-state index contributed by atoms with van der Waals surface area (Å²) in [6.45, 7) is 1.08. The molecule has 0 saturated heterocycles. The van der Waals surface area contributed by atoms with Crippen LogP contribution in [0.1, 0.15) is 6.92 Å². The van der Waals surface area contributed by atoms with E-state index >= 15 is 0 Å². The smallest absolute Gasteiger partial charge is 0.874 e. The summed E-state index contributed by atoms with van der Waals surface area (Å²) in [5.74, 6) is -2.95. The Morgan fingerprint density at radius 3 is 2.15 bits per heavy atom. The van der Waals surface area contributed by atoms with Gasteiger partial charge in [-0.2, -0.15) is 15.3 Å². The van der Waals surface area contributed by atoms with Crippen molar-refractivity contribution in [3.05, 3.63) is 124 Å². The van der Waals surface area contributed by atoms with Gasteiger partial charge in [-0.3, -0.25) is 15.1 Å². The largest absolute Gasteiger partial charge is 3.00 e. The number of non-ortho nitro benzene ring substituents is 1. The number of benzene rings is 5. The number of nitrogens with two attached hydrogens (primary N) is 1.